The Hall–Kier alpha value is -0.930. The zero-order valence-corrected chi connectivity index (χ0v) is 31.1. The van der Waals surface area contributed by atoms with Crippen LogP contribution in [0.1, 0.15) is 201 Å². The van der Waals surface area contributed by atoms with E-state index in [9.17, 15) is 9.59 Å². The van der Waals surface area contributed by atoms with Gasteiger partial charge in [0.05, 0.1) is 0 Å². The summed E-state index contributed by atoms with van der Waals surface area (Å²) in [6.07, 6.45) is 43.0. The summed E-state index contributed by atoms with van der Waals surface area (Å²) in [6, 6.07) is 0. The Labute approximate surface area is 282 Å². The molecule has 0 bridgehead atoms. The van der Waals surface area contributed by atoms with Crippen molar-refractivity contribution in [3.63, 3.8) is 0 Å². The molecule has 0 N–H and O–H groups in total. The van der Waals surface area contributed by atoms with Crippen molar-refractivity contribution in [2.75, 3.05) is 14.1 Å². The van der Waals surface area contributed by atoms with Crippen LogP contribution in [0.15, 0.2) is 24.3 Å². The molecule has 0 atom stereocenters. The first-order valence-electron chi connectivity index (χ1n) is 18.9. The first-order chi connectivity index (χ1) is 20.9. The Kier molecular flexibility index (Phi) is 34.3. The number of unbranched alkanes of at least 4 members (excludes halogenated alkanes) is 22. The molecular formula is C40H76ClNO2. The van der Waals surface area contributed by atoms with Crippen LogP contribution in [0, 0.1) is 0 Å². The highest BCUT2D eigenvalue weighted by molar-refractivity contribution is 6.11. The first-order valence-corrected chi connectivity index (χ1v) is 18.9. The van der Waals surface area contributed by atoms with Crippen molar-refractivity contribution in [3.8, 4) is 0 Å². The molecule has 0 heterocycles. The highest BCUT2D eigenvalue weighted by Gasteiger charge is 2.41. The predicted octanol–water partition coefficient (Wildman–Crippen LogP) is 12.9. The van der Waals surface area contributed by atoms with Gasteiger partial charge < -0.3 is 0 Å². The van der Waals surface area contributed by atoms with Crippen molar-refractivity contribution in [2.45, 2.75) is 206 Å². The number of likely N-dealkylation sites (N-methyl/N-ethyl adjacent to an activating group) is 1. The Balaban J connectivity index is 0. The van der Waals surface area contributed by atoms with Gasteiger partial charge in [0.1, 0.15) is 5.54 Å². The van der Waals surface area contributed by atoms with Crippen molar-refractivity contribution >= 4 is 24.0 Å². The molecule has 0 spiro atoms. The summed E-state index contributed by atoms with van der Waals surface area (Å²) in [6.45, 7) is 6.40. The summed E-state index contributed by atoms with van der Waals surface area (Å²) in [5.41, 5.74) is -0.971. The Morgan fingerprint density at radius 1 is 0.455 bits per heavy atom. The number of carbonyl (C=O) groups is 2. The molecule has 0 aliphatic carbocycles. The lowest BCUT2D eigenvalue weighted by molar-refractivity contribution is -0.141. The fraction of sp³-hybridized carbons (Fsp3) is 0.850. The van der Waals surface area contributed by atoms with E-state index in [1.54, 1.807) is 0 Å². The van der Waals surface area contributed by atoms with E-state index in [1.165, 1.54) is 141 Å². The van der Waals surface area contributed by atoms with Gasteiger partial charge in [-0.1, -0.05) is 141 Å². The number of hydrogen-bond donors (Lipinski definition) is 0. The second-order valence-electron chi connectivity index (χ2n) is 13.5. The summed E-state index contributed by atoms with van der Waals surface area (Å²) < 4.78 is 0. The molecule has 4 heteroatoms. The number of allylic oxidation sites excluding steroid dienone is 4. The van der Waals surface area contributed by atoms with Crippen molar-refractivity contribution in [1.82, 2.24) is 4.90 Å². The van der Waals surface area contributed by atoms with Crippen LogP contribution in [-0.2, 0) is 9.59 Å². The lowest BCUT2D eigenvalue weighted by Crippen LogP contribution is -2.54. The van der Waals surface area contributed by atoms with Crippen LogP contribution >= 0.6 is 12.4 Å². The first kappa shape index (κ1) is 45.2. The fourth-order valence-corrected chi connectivity index (χ4v) is 5.85. The number of hydrogen-bond acceptors (Lipinski definition) is 3. The predicted molar refractivity (Wildman–Crippen MR) is 198 cm³/mol. The molecule has 44 heavy (non-hydrogen) atoms. The summed E-state index contributed by atoms with van der Waals surface area (Å²) in [4.78, 5) is 28.2. The minimum Gasteiger partial charge on any atom is -0.297 e. The van der Waals surface area contributed by atoms with E-state index in [4.69, 9.17) is 0 Å². The number of halogens is 1. The normalized spacial score (nSPS) is 13.1. The highest BCUT2D eigenvalue weighted by Crippen LogP contribution is 2.22. The molecule has 0 aromatic rings. The van der Waals surface area contributed by atoms with Crippen molar-refractivity contribution < 1.29 is 9.59 Å². The average Bonchev–Trinajstić information content (AvgIpc) is 3.00. The van der Waals surface area contributed by atoms with E-state index < -0.39 is 5.54 Å². The minimum absolute atomic E-state index is 0. The van der Waals surface area contributed by atoms with Gasteiger partial charge in [-0.2, -0.15) is 0 Å². The number of carbonyl (C=O) groups excluding carboxylic acids is 2. The van der Waals surface area contributed by atoms with Crippen LogP contribution < -0.4 is 0 Å². The lowest BCUT2D eigenvalue weighted by atomic mass is 9.84. The molecule has 0 aliphatic heterocycles. The molecule has 0 radical (unpaired) electrons. The maximum atomic E-state index is 13.2. The number of Topliss-reactive ketones (excluding diaryl/α,β-unsaturated/α-hetero) is 2. The van der Waals surface area contributed by atoms with E-state index in [0.717, 1.165) is 25.7 Å². The highest BCUT2D eigenvalue weighted by atomic mass is 35.5. The fourth-order valence-electron chi connectivity index (χ4n) is 5.85. The van der Waals surface area contributed by atoms with Gasteiger partial charge >= 0.3 is 0 Å². The standard InChI is InChI=1S/C40H75NO2.ClH/c1-6-8-10-12-14-16-18-20-22-24-26-28-30-32-34-36-38(42)40(3,41(4)5)39(43)37-35-33-31-29-27-25-23-21-19-17-15-13-11-9-7-2;/h20-23H,6-19,24-37H2,1-5H3;1H. The van der Waals surface area contributed by atoms with Crippen LogP contribution in [0.4, 0.5) is 0 Å². The van der Waals surface area contributed by atoms with Crippen LogP contribution in [0.2, 0.25) is 0 Å². The summed E-state index contributed by atoms with van der Waals surface area (Å²) in [5.74, 6) is 0.209. The second-order valence-corrected chi connectivity index (χ2v) is 13.5. The zero-order valence-electron chi connectivity index (χ0n) is 30.3. The molecule has 0 aromatic heterocycles. The van der Waals surface area contributed by atoms with Gasteiger partial charge in [0.2, 0.25) is 0 Å². The average molecular weight is 639 g/mol. The van der Waals surface area contributed by atoms with Crippen molar-refractivity contribution in [3.05, 3.63) is 24.3 Å². The number of ketones is 2. The molecule has 3 nitrogen and oxygen atoms in total. The zero-order chi connectivity index (χ0) is 31.9. The maximum absolute atomic E-state index is 13.2. The summed E-state index contributed by atoms with van der Waals surface area (Å²) in [7, 11) is 3.77. The largest absolute Gasteiger partial charge is 0.297 e. The second kappa shape index (κ2) is 33.4. The van der Waals surface area contributed by atoms with Gasteiger partial charge in [-0.15, -0.1) is 12.4 Å². The molecule has 0 unspecified atom stereocenters. The van der Waals surface area contributed by atoms with E-state index in [-0.39, 0.29) is 24.0 Å². The molecular weight excluding hydrogens is 562 g/mol. The summed E-state index contributed by atoms with van der Waals surface area (Å²) in [5, 5.41) is 0. The number of rotatable bonds is 33. The lowest BCUT2D eigenvalue weighted by Gasteiger charge is -2.33. The van der Waals surface area contributed by atoms with Crippen LogP contribution in [0.3, 0.4) is 0 Å². The van der Waals surface area contributed by atoms with E-state index in [1.807, 2.05) is 25.9 Å². The molecule has 0 saturated carbocycles. The van der Waals surface area contributed by atoms with Gasteiger partial charge in [-0.05, 0) is 85.2 Å². The van der Waals surface area contributed by atoms with Gasteiger partial charge in [-0.3, -0.25) is 14.5 Å². The van der Waals surface area contributed by atoms with Crippen molar-refractivity contribution in [1.29, 1.82) is 0 Å². The topological polar surface area (TPSA) is 37.4 Å². The molecule has 0 amide bonds. The third kappa shape index (κ3) is 25.3. The summed E-state index contributed by atoms with van der Waals surface area (Å²) >= 11 is 0. The van der Waals surface area contributed by atoms with Gasteiger partial charge in [0.25, 0.3) is 0 Å². The van der Waals surface area contributed by atoms with Gasteiger partial charge in [0, 0.05) is 12.8 Å². The quantitative estimate of drug-likeness (QED) is 0.0408. The van der Waals surface area contributed by atoms with Gasteiger partial charge in [0.15, 0.2) is 11.6 Å². The molecule has 260 valence electrons. The third-order valence-corrected chi connectivity index (χ3v) is 9.31. The molecule has 0 rings (SSSR count). The van der Waals surface area contributed by atoms with Gasteiger partial charge in [-0.25, -0.2) is 0 Å². The van der Waals surface area contributed by atoms with Crippen molar-refractivity contribution in [2.24, 2.45) is 0 Å². The van der Waals surface area contributed by atoms with E-state index in [0.29, 0.717) is 12.8 Å². The molecule has 0 aliphatic rings. The monoisotopic (exact) mass is 638 g/mol. The SMILES string of the molecule is CCCCCCCCC=CCCCCCCCC(=O)C(C)(C(=O)CCCCCCCC=CCCCCCCCC)N(C)C.Cl. The smallest absolute Gasteiger partial charge is 0.160 e. The molecule has 0 fully saturated rings. The maximum Gasteiger partial charge on any atom is 0.160 e. The Morgan fingerprint density at radius 2 is 0.705 bits per heavy atom. The van der Waals surface area contributed by atoms with Crippen LogP contribution in [0.5, 0.6) is 0 Å². The molecule has 0 aromatic carbocycles. The Bertz CT molecular complexity index is 647. The third-order valence-electron chi connectivity index (χ3n) is 9.31. The number of nitrogens with zero attached hydrogens (tertiary/aromatic N) is 1. The molecule has 0 saturated heterocycles. The minimum atomic E-state index is -0.971. The van der Waals surface area contributed by atoms with Crippen LogP contribution in [0.25, 0.3) is 0 Å². The van der Waals surface area contributed by atoms with Crippen LogP contribution in [-0.4, -0.2) is 36.1 Å². The Morgan fingerprint density at radius 3 is 0.977 bits per heavy atom. The van der Waals surface area contributed by atoms with E-state index in [2.05, 4.69) is 38.2 Å². The van der Waals surface area contributed by atoms with E-state index >= 15 is 0 Å².